The summed E-state index contributed by atoms with van der Waals surface area (Å²) in [6.45, 7) is 6.03. The fraction of sp³-hybridized carbons (Fsp3) is 0.235. The van der Waals surface area contributed by atoms with Gasteiger partial charge in [-0.05, 0) is 55.2 Å². The van der Waals surface area contributed by atoms with Gasteiger partial charge in [0.15, 0.2) is 0 Å². The Hall–Kier alpha value is -1.74. The first kappa shape index (κ1) is 14.7. The van der Waals surface area contributed by atoms with Gasteiger partial charge in [-0.2, -0.15) is 0 Å². The minimum atomic E-state index is -0.865. The van der Waals surface area contributed by atoms with E-state index in [0.29, 0.717) is 5.56 Å². The van der Waals surface area contributed by atoms with E-state index in [2.05, 4.69) is 32.0 Å². The van der Waals surface area contributed by atoms with Crippen LogP contribution in [-0.4, -0.2) is 11.1 Å². The lowest BCUT2D eigenvalue weighted by atomic mass is 10.1. The number of thioether (sulfide) groups is 1. The summed E-state index contributed by atoms with van der Waals surface area (Å²) in [6, 6.07) is 12.0. The number of aryl methyl sites for hydroxylation is 3. The number of hydrogen-bond acceptors (Lipinski definition) is 2. The molecule has 0 saturated heterocycles. The van der Waals surface area contributed by atoms with Crippen molar-refractivity contribution in [2.24, 2.45) is 0 Å². The molecular formula is C17H18O2S. The van der Waals surface area contributed by atoms with Crippen LogP contribution in [0.3, 0.4) is 0 Å². The van der Waals surface area contributed by atoms with Gasteiger partial charge in [0.1, 0.15) is 0 Å². The van der Waals surface area contributed by atoms with Gasteiger partial charge in [-0.25, -0.2) is 4.79 Å². The summed E-state index contributed by atoms with van der Waals surface area (Å²) in [5.41, 5.74) is 5.03. The zero-order chi connectivity index (χ0) is 14.7. The molecule has 0 radical (unpaired) electrons. The average molecular weight is 286 g/mol. The summed E-state index contributed by atoms with van der Waals surface area (Å²) < 4.78 is 0. The molecule has 0 aliphatic carbocycles. The quantitative estimate of drug-likeness (QED) is 0.834. The molecule has 2 aromatic rings. The fourth-order valence-corrected chi connectivity index (χ4v) is 2.86. The van der Waals surface area contributed by atoms with E-state index >= 15 is 0 Å². The molecule has 0 fully saturated rings. The lowest BCUT2D eigenvalue weighted by Crippen LogP contribution is -1.99. The zero-order valence-electron chi connectivity index (χ0n) is 11.9. The van der Waals surface area contributed by atoms with Crippen molar-refractivity contribution in [3.63, 3.8) is 0 Å². The highest BCUT2D eigenvalue weighted by molar-refractivity contribution is 7.98. The summed E-state index contributed by atoms with van der Waals surface area (Å²) in [6.07, 6.45) is 0. The standard InChI is InChI=1S/C17H18O2S/c1-11-4-6-14(8-13(11)3)10-20-15-7-5-12(2)16(9-15)17(18)19/h4-9H,10H2,1-3H3,(H,18,19). The van der Waals surface area contributed by atoms with Crippen LogP contribution < -0.4 is 0 Å². The normalized spacial score (nSPS) is 10.6. The van der Waals surface area contributed by atoms with Crippen molar-refractivity contribution in [1.82, 2.24) is 0 Å². The highest BCUT2D eigenvalue weighted by atomic mass is 32.2. The van der Waals surface area contributed by atoms with Crippen molar-refractivity contribution in [2.45, 2.75) is 31.4 Å². The van der Waals surface area contributed by atoms with Gasteiger partial charge in [-0.15, -0.1) is 11.8 Å². The summed E-state index contributed by atoms with van der Waals surface area (Å²) >= 11 is 1.67. The molecule has 0 aliphatic rings. The molecule has 2 rings (SSSR count). The number of carboxylic acid groups (broad SMARTS) is 1. The Bertz CT molecular complexity index is 647. The first-order valence-corrected chi connectivity index (χ1v) is 7.49. The van der Waals surface area contributed by atoms with Gasteiger partial charge in [0, 0.05) is 10.6 Å². The lowest BCUT2D eigenvalue weighted by molar-refractivity contribution is 0.0696. The number of carboxylic acids is 1. The monoisotopic (exact) mass is 286 g/mol. The van der Waals surface area contributed by atoms with Crippen LogP contribution in [-0.2, 0) is 5.75 Å². The number of hydrogen-bond donors (Lipinski definition) is 1. The highest BCUT2D eigenvalue weighted by Gasteiger charge is 2.08. The summed E-state index contributed by atoms with van der Waals surface area (Å²) in [4.78, 5) is 12.1. The summed E-state index contributed by atoms with van der Waals surface area (Å²) in [5, 5.41) is 9.13. The molecule has 0 atom stereocenters. The Morgan fingerprint density at radius 1 is 1.00 bits per heavy atom. The highest BCUT2D eigenvalue weighted by Crippen LogP contribution is 2.26. The van der Waals surface area contributed by atoms with Crippen LogP contribution in [0.5, 0.6) is 0 Å². The van der Waals surface area contributed by atoms with E-state index in [1.54, 1.807) is 17.8 Å². The third-order valence-electron chi connectivity index (χ3n) is 3.42. The van der Waals surface area contributed by atoms with Gasteiger partial charge in [0.05, 0.1) is 5.56 Å². The molecule has 20 heavy (non-hydrogen) atoms. The number of benzene rings is 2. The van der Waals surface area contributed by atoms with E-state index in [0.717, 1.165) is 16.2 Å². The molecule has 2 aromatic carbocycles. The van der Waals surface area contributed by atoms with E-state index in [-0.39, 0.29) is 0 Å². The molecule has 0 amide bonds. The summed E-state index contributed by atoms with van der Waals surface area (Å²) in [7, 11) is 0. The lowest BCUT2D eigenvalue weighted by Gasteiger charge is -2.07. The van der Waals surface area contributed by atoms with Gasteiger partial charge >= 0.3 is 5.97 Å². The Morgan fingerprint density at radius 2 is 1.70 bits per heavy atom. The van der Waals surface area contributed by atoms with Gasteiger partial charge in [0.2, 0.25) is 0 Å². The minimum Gasteiger partial charge on any atom is -0.478 e. The van der Waals surface area contributed by atoms with E-state index < -0.39 is 5.97 Å². The van der Waals surface area contributed by atoms with Crippen LogP contribution in [0.15, 0.2) is 41.3 Å². The molecular weight excluding hydrogens is 268 g/mol. The van der Waals surface area contributed by atoms with E-state index in [9.17, 15) is 4.79 Å². The summed E-state index contributed by atoms with van der Waals surface area (Å²) in [5.74, 6) is -0.0143. The molecule has 0 spiro atoms. The van der Waals surface area contributed by atoms with Gasteiger partial charge < -0.3 is 5.11 Å². The largest absolute Gasteiger partial charge is 0.478 e. The smallest absolute Gasteiger partial charge is 0.335 e. The van der Waals surface area contributed by atoms with Crippen LogP contribution in [0.4, 0.5) is 0 Å². The molecule has 2 nitrogen and oxygen atoms in total. The maximum Gasteiger partial charge on any atom is 0.335 e. The Kier molecular flexibility index (Phi) is 4.50. The maximum atomic E-state index is 11.1. The first-order chi connectivity index (χ1) is 9.47. The molecule has 0 bridgehead atoms. The molecule has 0 saturated carbocycles. The second kappa shape index (κ2) is 6.14. The predicted octanol–water partition coefficient (Wildman–Crippen LogP) is 4.60. The molecule has 1 N–H and O–H groups in total. The van der Waals surface area contributed by atoms with Gasteiger partial charge in [-0.3, -0.25) is 0 Å². The van der Waals surface area contributed by atoms with Crippen LogP contribution in [0.1, 0.15) is 32.6 Å². The maximum absolute atomic E-state index is 11.1. The Morgan fingerprint density at radius 3 is 2.35 bits per heavy atom. The SMILES string of the molecule is Cc1ccc(CSc2ccc(C)c(C(=O)O)c2)cc1C. The van der Waals surface area contributed by atoms with Crippen molar-refractivity contribution < 1.29 is 9.90 Å². The van der Waals surface area contributed by atoms with Crippen molar-refractivity contribution in [3.8, 4) is 0 Å². The second-order valence-corrected chi connectivity index (χ2v) is 6.04. The number of aromatic carboxylic acids is 1. The molecule has 0 aliphatic heterocycles. The molecule has 3 heteroatoms. The third kappa shape index (κ3) is 3.42. The van der Waals surface area contributed by atoms with Crippen molar-refractivity contribution >= 4 is 17.7 Å². The van der Waals surface area contributed by atoms with Crippen molar-refractivity contribution in [3.05, 3.63) is 64.2 Å². The molecule has 0 aromatic heterocycles. The van der Waals surface area contributed by atoms with Crippen LogP contribution in [0.2, 0.25) is 0 Å². The van der Waals surface area contributed by atoms with Crippen molar-refractivity contribution in [2.75, 3.05) is 0 Å². The first-order valence-electron chi connectivity index (χ1n) is 6.50. The molecule has 0 heterocycles. The second-order valence-electron chi connectivity index (χ2n) is 4.99. The third-order valence-corrected chi connectivity index (χ3v) is 4.48. The fourth-order valence-electron chi connectivity index (χ4n) is 1.98. The van der Waals surface area contributed by atoms with Crippen LogP contribution in [0, 0.1) is 20.8 Å². The van der Waals surface area contributed by atoms with Gasteiger partial charge in [0.25, 0.3) is 0 Å². The average Bonchev–Trinajstić information content (AvgIpc) is 2.41. The van der Waals surface area contributed by atoms with Crippen LogP contribution in [0.25, 0.3) is 0 Å². The topological polar surface area (TPSA) is 37.3 Å². The van der Waals surface area contributed by atoms with Crippen molar-refractivity contribution in [1.29, 1.82) is 0 Å². The Balaban J connectivity index is 2.12. The van der Waals surface area contributed by atoms with Crippen LogP contribution >= 0.6 is 11.8 Å². The predicted molar refractivity (Wildman–Crippen MR) is 83.6 cm³/mol. The van der Waals surface area contributed by atoms with E-state index in [1.165, 1.54) is 16.7 Å². The number of carbonyl (C=O) groups is 1. The minimum absolute atomic E-state index is 0.384. The molecule has 104 valence electrons. The Labute approximate surface area is 123 Å². The molecule has 0 unspecified atom stereocenters. The zero-order valence-corrected chi connectivity index (χ0v) is 12.8. The van der Waals surface area contributed by atoms with E-state index in [1.807, 2.05) is 19.1 Å². The number of rotatable bonds is 4. The van der Waals surface area contributed by atoms with Gasteiger partial charge in [-0.1, -0.05) is 24.3 Å². The van der Waals surface area contributed by atoms with E-state index in [4.69, 9.17) is 5.11 Å².